The van der Waals surface area contributed by atoms with Crippen molar-refractivity contribution in [3.63, 3.8) is 0 Å². The van der Waals surface area contributed by atoms with Crippen molar-refractivity contribution in [2.24, 2.45) is 5.92 Å². The highest BCUT2D eigenvalue weighted by Gasteiger charge is 2.31. The Balaban J connectivity index is 1.45. The quantitative estimate of drug-likeness (QED) is 0.394. The fourth-order valence-electron chi connectivity index (χ4n) is 4.55. The van der Waals surface area contributed by atoms with Crippen molar-refractivity contribution in [2.45, 2.75) is 0 Å². The first-order valence-corrected chi connectivity index (χ1v) is 11.8. The number of rotatable bonds is 5. The van der Waals surface area contributed by atoms with Crippen molar-refractivity contribution in [3.8, 4) is 28.4 Å². The monoisotopic (exact) mass is 470 g/mol. The van der Waals surface area contributed by atoms with Gasteiger partial charge in [-0.2, -0.15) is 0 Å². The zero-order valence-electron chi connectivity index (χ0n) is 18.5. The van der Waals surface area contributed by atoms with E-state index in [-0.39, 0.29) is 12.5 Å². The minimum absolute atomic E-state index is 0.0339. The number of hydrogen-bond donors (Lipinski definition) is 1. The van der Waals surface area contributed by atoms with Gasteiger partial charge in [0.1, 0.15) is 17.2 Å². The number of nitrogens with one attached hydrogen (secondary N) is 1. The second-order valence-corrected chi connectivity index (χ2v) is 9.13. The van der Waals surface area contributed by atoms with E-state index in [0.717, 1.165) is 52.2 Å². The molecule has 2 aliphatic rings. The maximum atomic E-state index is 12.6. The van der Waals surface area contributed by atoms with Gasteiger partial charge in [0.2, 0.25) is 0 Å². The number of carbonyl (C=O) groups is 1. The van der Waals surface area contributed by atoms with Crippen LogP contribution in [0, 0.1) is 5.92 Å². The van der Waals surface area contributed by atoms with Gasteiger partial charge >= 0.3 is 0 Å². The van der Waals surface area contributed by atoms with Gasteiger partial charge in [0.15, 0.2) is 6.61 Å². The lowest BCUT2D eigenvalue weighted by atomic mass is 9.96. The molecule has 0 radical (unpaired) electrons. The summed E-state index contributed by atoms with van der Waals surface area (Å²) >= 11 is 6.86. The van der Waals surface area contributed by atoms with Crippen LogP contribution in [-0.2, 0) is 4.79 Å². The topological polar surface area (TPSA) is 50.8 Å². The van der Waals surface area contributed by atoms with Gasteiger partial charge in [0.25, 0.3) is 5.91 Å². The zero-order chi connectivity index (χ0) is 23.1. The van der Waals surface area contributed by atoms with Crippen LogP contribution in [0.1, 0.15) is 0 Å². The number of amides is 1. The van der Waals surface area contributed by atoms with E-state index in [9.17, 15) is 4.79 Å². The molecule has 4 aromatic rings. The molecule has 0 aliphatic carbocycles. The van der Waals surface area contributed by atoms with Crippen molar-refractivity contribution >= 4 is 34.0 Å². The van der Waals surface area contributed by atoms with Crippen molar-refractivity contribution in [3.05, 3.63) is 83.9 Å². The van der Waals surface area contributed by atoms with E-state index in [2.05, 4.69) is 17.4 Å². The fraction of sp³-hybridized carbons (Fsp3) is 0.179. The van der Waals surface area contributed by atoms with Crippen molar-refractivity contribution in [1.29, 1.82) is 0 Å². The minimum Gasteiger partial charge on any atom is -0.482 e. The van der Waals surface area contributed by atoms with Gasteiger partial charge in [-0.25, -0.2) is 0 Å². The molecular formula is C28H23ClN2O3. The molecule has 0 saturated carbocycles. The van der Waals surface area contributed by atoms with Crippen LogP contribution >= 0.6 is 11.6 Å². The van der Waals surface area contributed by atoms with Gasteiger partial charge in [-0.3, -0.25) is 4.79 Å². The number of ether oxygens (including phenoxy) is 2. The number of hydrogen-bond acceptors (Lipinski definition) is 4. The normalized spacial score (nSPS) is 15.6. The summed E-state index contributed by atoms with van der Waals surface area (Å²) in [6.07, 6.45) is 0. The summed E-state index contributed by atoms with van der Waals surface area (Å²) in [7, 11) is 0. The van der Waals surface area contributed by atoms with E-state index in [4.69, 9.17) is 21.1 Å². The van der Waals surface area contributed by atoms with Crippen molar-refractivity contribution in [1.82, 2.24) is 5.32 Å². The van der Waals surface area contributed by atoms with E-state index < -0.39 is 0 Å². The number of nitrogens with zero attached hydrogens (tertiary/aromatic N) is 1. The Bertz CT molecular complexity index is 1390. The Labute approximate surface area is 202 Å². The summed E-state index contributed by atoms with van der Waals surface area (Å²) in [6.45, 7) is 2.55. The Hall–Kier alpha value is -3.54. The number of anilines is 1. The first-order valence-electron chi connectivity index (χ1n) is 11.4. The van der Waals surface area contributed by atoms with E-state index in [0.29, 0.717) is 23.2 Å². The fourth-order valence-corrected chi connectivity index (χ4v) is 4.81. The van der Waals surface area contributed by atoms with Gasteiger partial charge in [-0.05, 0) is 52.7 Å². The molecule has 0 spiro atoms. The molecule has 6 rings (SSSR count). The van der Waals surface area contributed by atoms with Gasteiger partial charge in [-0.1, -0.05) is 54.1 Å². The van der Waals surface area contributed by atoms with Gasteiger partial charge < -0.3 is 19.7 Å². The van der Waals surface area contributed by atoms with Crippen LogP contribution < -0.4 is 19.7 Å². The largest absolute Gasteiger partial charge is 0.482 e. The van der Waals surface area contributed by atoms with Crippen LogP contribution in [0.3, 0.4) is 0 Å². The highest BCUT2D eigenvalue weighted by atomic mass is 35.5. The molecule has 1 saturated heterocycles. The van der Waals surface area contributed by atoms with Crippen LogP contribution in [0.25, 0.3) is 21.9 Å². The average molecular weight is 471 g/mol. The zero-order valence-corrected chi connectivity index (χ0v) is 19.2. The predicted octanol–water partition coefficient (Wildman–Crippen LogP) is 5.90. The SMILES string of the molecule is O=C1COc2cc(-c3cc(Oc4ccccc4)cc4ccccc34)c(Cl)cc2N1CC1CNC1. The minimum atomic E-state index is -0.0353. The van der Waals surface area contributed by atoms with Crippen molar-refractivity contribution in [2.75, 3.05) is 31.1 Å². The Kier molecular flexibility index (Phi) is 5.36. The third kappa shape index (κ3) is 3.87. The van der Waals surface area contributed by atoms with Crippen molar-refractivity contribution < 1.29 is 14.3 Å². The first-order chi connectivity index (χ1) is 16.7. The predicted molar refractivity (Wildman–Crippen MR) is 135 cm³/mol. The molecule has 170 valence electrons. The smallest absolute Gasteiger partial charge is 0.265 e. The molecule has 6 heteroatoms. The van der Waals surface area contributed by atoms with E-state index in [1.165, 1.54) is 0 Å². The molecule has 0 aromatic heterocycles. The lowest BCUT2D eigenvalue weighted by Crippen LogP contribution is -2.51. The van der Waals surface area contributed by atoms with Gasteiger partial charge in [-0.15, -0.1) is 0 Å². The number of benzene rings is 4. The average Bonchev–Trinajstić information content (AvgIpc) is 2.82. The van der Waals surface area contributed by atoms with Gasteiger partial charge in [0.05, 0.1) is 10.7 Å². The summed E-state index contributed by atoms with van der Waals surface area (Å²) in [5.74, 6) is 2.58. The second kappa shape index (κ2) is 8.67. The van der Waals surface area contributed by atoms with Crippen LogP contribution in [-0.4, -0.2) is 32.1 Å². The maximum Gasteiger partial charge on any atom is 0.265 e. The van der Waals surface area contributed by atoms with Crippen LogP contribution in [0.2, 0.25) is 5.02 Å². The number of fused-ring (bicyclic) bond motifs is 2. The summed E-state index contributed by atoms with van der Waals surface area (Å²) in [6, 6.07) is 25.7. The first kappa shape index (κ1) is 21.0. The molecule has 5 nitrogen and oxygen atoms in total. The summed E-state index contributed by atoms with van der Waals surface area (Å²) in [4.78, 5) is 14.4. The lowest BCUT2D eigenvalue weighted by Gasteiger charge is -2.36. The Morgan fingerprint density at radius 3 is 2.53 bits per heavy atom. The molecule has 0 bridgehead atoms. The molecule has 0 unspecified atom stereocenters. The molecule has 34 heavy (non-hydrogen) atoms. The standard InChI is InChI=1S/C28H23ClN2O3/c29-25-13-26-27(33-17-28(32)31(26)16-18-14-30-15-18)12-24(25)23-11-21(34-20-7-2-1-3-8-20)10-19-6-4-5-9-22(19)23/h1-13,18,30H,14-17H2. The molecule has 1 N–H and O–H groups in total. The highest BCUT2D eigenvalue weighted by Crippen LogP contribution is 2.44. The van der Waals surface area contributed by atoms with E-state index in [1.807, 2.05) is 71.6 Å². The summed E-state index contributed by atoms with van der Waals surface area (Å²) in [5, 5.41) is 5.94. The van der Waals surface area contributed by atoms with Crippen LogP contribution in [0.4, 0.5) is 5.69 Å². The molecule has 1 amide bonds. The molecule has 1 fully saturated rings. The Morgan fingerprint density at radius 1 is 0.941 bits per heavy atom. The molecule has 0 atom stereocenters. The molecule has 2 heterocycles. The number of carbonyl (C=O) groups excluding carboxylic acids is 1. The van der Waals surface area contributed by atoms with E-state index >= 15 is 0 Å². The molecule has 4 aromatic carbocycles. The second-order valence-electron chi connectivity index (χ2n) is 8.72. The van der Waals surface area contributed by atoms with Crippen LogP contribution in [0.5, 0.6) is 17.2 Å². The number of halogens is 1. The van der Waals surface area contributed by atoms with Gasteiger partial charge in [0, 0.05) is 31.1 Å². The third-order valence-electron chi connectivity index (χ3n) is 6.40. The summed E-state index contributed by atoms with van der Waals surface area (Å²) < 4.78 is 12.0. The molecular weight excluding hydrogens is 448 g/mol. The molecule has 2 aliphatic heterocycles. The van der Waals surface area contributed by atoms with E-state index in [1.54, 1.807) is 0 Å². The number of para-hydroxylation sites is 1. The maximum absolute atomic E-state index is 12.6. The Morgan fingerprint density at radius 2 is 1.74 bits per heavy atom. The highest BCUT2D eigenvalue weighted by molar-refractivity contribution is 6.34. The summed E-state index contributed by atoms with van der Waals surface area (Å²) in [5.41, 5.74) is 2.53. The van der Waals surface area contributed by atoms with Crippen LogP contribution in [0.15, 0.2) is 78.9 Å². The lowest BCUT2D eigenvalue weighted by molar-refractivity contribution is -0.121. The third-order valence-corrected chi connectivity index (χ3v) is 6.72.